The Morgan fingerprint density at radius 2 is 2.15 bits per heavy atom. The molecule has 140 valence electrons. The number of hydrogen-bond acceptors (Lipinski definition) is 7. The number of nitrogens with zero attached hydrogens (tertiary/aromatic N) is 3. The molecule has 0 bridgehead atoms. The van der Waals surface area contributed by atoms with Crippen molar-refractivity contribution >= 4 is 49.1 Å². The van der Waals surface area contributed by atoms with Gasteiger partial charge in [0.05, 0.1) is 17.3 Å². The first-order valence-electron chi connectivity index (χ1n) is 8.79. The van der Waals surface area contributed by atoms with E-state index in [4.69, 9.17) is 0 Å². The second-order valence-corrected chi connectivity index (χ2v) is 11.2. The summed E-state index contributed by atoms with van der Waals surface area (Å²) in [4.78, 5) is 25.4. The Labute approximate surface area is 161 Å². The Kier molecular flexibility index (Phi) is 4.96. The highest BCUT2D eigenvalue weighted by molar-refractivity contribution is 8.00. The summed E-state index contributed by atoms with van der Waals surface area (Å²) in [6.45, 7) is 0. The molecule has 2 aromatic heterocycles. The van der Waals surface area contributed by atoms with Gasteiger partial charge in [-0.2, -0.15) is 0 Å². The van der Waals surface area contributed by atoms with Crippen LogP contribution in [0, 0.1) is 0 Å². The van der Waals surface area contributed by atoms with Gasteiger partial charge in [-0.05, 0) is 37.7 Å². The molecule has 3 heterocycles. The molecule has 1 atom stereocenters. The standard InChI is InChI=1S/C17H21N3O3S3/c1-20(11-6-7-26(22,23)9-11)14(21)8-24-16-15-12-4-2-3-5-13(12)25-17(15)19-10-18-16/h10-11H,2-9H2,1H3/t11-/m0/s1. The summed E-state index contributed by atoms with van der Waals surface area (Å²) in [5.41, 5.74) is 1.36. The van der Waals surface area contributed by atoms with E-state index in [1.807, 2.05) is 0 Å². The molecule has 0 N–H and O–H groups in total. The van der Waals surface area contributed by atoms with Gasteiger partial charge in [0.15, 0.2) is 9.84 Å². The summed E-state index contributed by atoms with van der Waals surface area (Å²) >= 11 is 3.19. The van der Waals surface area contributed by atoms with Crippen molar-refractivity contribution < 1.29 is 13.2 Å². The predicted molar refractivity (Wildman–Crippen MR) is 105 cm³/mol. The number of thiophene rings is 1. The SMILES string of the molecule is CN(C(=O)CSc1ncnc2sc3c(c12)CCCC3)[C@H]1CCS(=O)(=O)C1. The van der Waals surface area contributed by atoms with E-state index < -0.39 is 9.84 Å². The second kappa shape index (κ2) is 7.09. The number of thioether (sulfide) groups is 1. The van der Waals surface area contributed by atoms with Crippen molar-refractivity contribution in [1.29, 1.82) is 0 Å². The third-order valence-electron chi connectivity index (χ3n) is 5.20. The van der Waals surface area contributed by atoms with Crippen LogP contribution in [0.25, 0.3) is 10.2 Å². The van der Waals surface area contributed by atoms with Crippen LogP contribution in [0.3, 0.4) is 0 Å². The van der Waals surface area contributed by atoms with Gasteiger partial charge in [0, 0.05) is 23.4 Å². The summed E-state index contributed by atoms with van der Waals surface area (Å²) in [5, 5.41) is 1.99. The third kappa shape index (κ3) is 3.48. The number of hydrogen-bond donors (Lipinski definition) is 0. The summed E-state index contributed by atoms with van der Waals surface area (Å²) in [7, 11) is -1.29. The highest BCUT2D eigenvalue weighted by atomic mass is 32.2. The Hall–Kier alpha value is -1.19. The number of carbonyl (C=O) groups is 1. The molecule has 1 amide bonds. The summed E-state index contributed by atoms with van der Waals surface area (Å²) in [5.74, 6) is 0.475. The van der Waals surface area contributed by atoms with Crippen molar-refractivity contribution in [2.45, 2.75) is 43.2 Å². The molecule has 2 aliphatic rings. The molecule has 1 aliphatic heterocycles. The van der Waals surface area contributed by atoms with Crippen LogP contribution < -0.4 is 0 Å². The fraction of sp³-hybridized carbons (Fsp3) is 0.588. The Balaban J connectivity index is 1.49. The molecular formula is C17H21N3O3S3. The van der Waals surface area contributed by atoms with Gasteiger partial charge in [0.1, 0.15) is 16.2 Å². The van der Waals surface area contributed by atoms with Crippen molar-refractivity contribution in [3.8, 4) is 0 Å². The minimum atomic E-state index is -2.99. The van der Waals surface area contributed by atoms with Crippen LogP contribution in [0.5, 0.6) is 0 Å². The fourth-order valence-corrected chi connectivity index (χ4v) is 7.70. The molecule has 0 unspecified atom stereocenters. The number of aryl methyl sites for hydroxylation is 2. The van der Waals surface area contributed by atoms with Crippen LogP contribution in [0.4, 0.5) is 0 Å². The zero-order valence-corrected chi connectivity index (χ0v) is 17.1. The zero-order valence-electron chi connectivity index (χ0n) is 14.6. The number of sulfone groups is 1. The second-order valence-electron chi connectivity index (χ2n) is 6.92. The molecule has 26 heavy (non-hydrogen) atoms. The largest absolute Gasteiger partial charge is 0.341 e. The lowest BCUT2D eigenvalue weighted by Crippen LogP contribution is -2.38. The fourth-order valence-electron chi connectivity index (χ4n) is 3.69. The van der Waals surface area contributed by atoms with Gasteiger partial charge >= 0.3 is 0 Å². The van der Waals surface area contributed by atoms with Gasteiger partial charge in [0.2, 0.25) is 5.91 Å². The molecule has 0 aromatic carbocycles. The van der Waals surface area contributed by atoms with Gasteiger partial charge < -0.3 is 4.90 Å². The maximum Gasteiger partial charge on any atom is 0.233 e. The van der Waals surface area contributed by atoms with Crippen molar-refractivity contribution in [2.75, 3.05) is 24.3 Å². The molecule has 1 saturated heterocycles. The number of carbonyl (C=O) groups excluding carboxylic acids is 1. The molecule has 1 aliphatic carbocycles. The van der Waals surface area contributed by atoms with Gasteiger partial charge in [0.25, 0.3) is 0 Å². The van der Waals surface area contributed by atoms with E-state index in [-0.39, 0.29) is 29.2 Å². The first-order valence-corrected chi connectivity index (χ1v) is 12.4. The van der Waals surface area contributed by atoms with Crippen molar-refractivity contribution in [1.82, 2.24) is 14.9 Å². The average Bonchev–Trinajstić information content (AvgIpc) is 3.18. The van der Waals surface area contributed by atoms with Gasteiger partial charge in [-0.1, -0.05) is 11.8 Å². The van der Waals surface area contributed by atoms with E-state index in [9.17, 15) is 13.2 Å². The van der Waals surface area contributed by atoms with E-state index in [0.717, 1.165) is 28.1 Å². The highest BCUT2D eigenvalue weighted by Crippen LogP contribution is 2.39. The van der Waals surface area contributed by atoms with Gasteiger partial charge in [-0.15, -0.1) is 11.3 Å². The molecule has 4 rings (SSSR count). The number of amides is 1. The van der Waals surface area contributed by atoms with Crippen LogP contribution in [0.15, 0.2) is 11.4 Å². The van der Waals surface area contributed by atoms with E-state index in [1.54, 1.807) is 29.6 Å². The van der Waals surface area contributed by atoms with E-state index >= 15 is 0 Å². The maximum atomic E-state index is 12.5. The first-order chi connectivity index (χ1) is 12.4. The summed E-state index contributed by atoms with van der Waals surface area (Å²) < 4.78 is 23.3. The molecular weight excluding hydrogens is 390 g/mol. The predicted octanol–water partition coefficient (Wildman–Crippen LogP) is 2.31. The molecule has 0 spiro atoms. The lowest BCUT2D eigenvalue weighted by Gasteiger charge is -2.23. The average molecular weight is 412 g/mol. The Morgan fingerprint density at radius 1 is 1.35 bits per heavy atom. The summed E-state index contributed by atoms with van der Waals surface area (Å²) in [6.07, 6.45) is 6.69. The lowest BCUT2D eigenvalue weighted by atomic mass is 9.97. The third-order valence-corrected chi connectivity index (χ3v) is 9.12. The monoisotopic (exact) mass is 411 g/mol. The smallest absolute Gasteiger partial charge is 0.233 e. The van der Waals surface area contributed by atoms with Crippen LogP contribution in [0.2, 0.25) is 0 Å². The minimum absolute atomic E-state index is 0.0482. The lowest BCUT2D eigenvalue weighted by molar-refractivity contribution is -0.128. The molecule has 0 saturated carbocycles. The van der Waals surface area contributed by atoms with E-state index in [2.05, 4.69) is 9.97 Å². The number of rotatable bonds is 4. The van der Waals surface area contributed by atoms with Gasteiger partial charge in [-0.25, -0.2) is 18.4 Å². The van der Waals surface area contributed by atoms with E-state index in [0.29, 0.717) is 6.42 Å². The van der Waals surface area contributed by atoms with E-state index in [1.165, 1.54) is 35.0 Å². The normalized spacial score (nSPS) is 21.7. The Morgan fingerprint density at radius 3 is 2.92 bits per heavy atom. The molecule has 1 fully saturated rings. The molecule has 6 nitrogen and oxygen atoms in total. The van der Waals surface area contributed by atoms with Crippen LogP contribution >= 0.6 is 23.1 Å². The van der Waals surface area contributed by atoms with Crippen LogP contribution in [0.1, 0.15) is 29.7 Å². The molecule has 9 heteroatoms. The summed E-state index contributed by atoms with van der Waals surface area (Å²) in [6, 6.07) is -0.201. The number of aromatic nitrogens is 2. The van der Waals surface area contributed by atoms with Crippen molar-refractivity contribution in [3.63, 3.8) is 0 Å². The Bertz CT molecular complexity index is 955. The minimum Gasteiger partial charge on any atom is -0.341 e. The molecule has 0 radical (unpaired) electrons. The van der Waals surface area contributed by atoms with Crippen molar-refractivity contribution in [2.24, 2.45) is 0 Å². The van der Waals surface area contributed by atoms with Crippen LogP contribution in [-0.4, -0.2) is 59.5 Å². The zero-order chi connectivity index (χ0) is 18.3. The van der Waals surface area contributed by atoms with Crippen LogP contribution in [-0.2, 0) is 27.5 Å². The maximum absolute atomic E-state index is 12.5. The quantitative estimate of drug-likeness (QED) is 0.567. The van der Waals surface area contributed by atoms with Crippen molar-refractivity contribution in [3.05, 3.63) is 16.8 Å². The van der Waals surface area contributed by atoms with Gasteiger partial charge in [-0.3, -0.25) is 4.79 Å². The first kappa shape index (κ1) is 18.2. The number of fused-ring (bicyclic) bond motifs is 3. The highest BCUT2D eigenvalue weighted by Gasteiger charge is 2.32. The molecule has 2 aromatic rings. The topological polar surface area (TPSA) is 80.2 Å².